The first-order chi connectivity index (χ1) is 12.1. The van der Waals surface area contributed by atoms with Crippen molar-refractivity contribution in [1.29, 1.82) is 0 Å². The maximum absolute atomic E-state index is 12.2. The second-order valence-corrected chi connectivity index (χ2v) is 5.39. The third-order valence-corrected chi connectivity index (χ3v) is 3.54. The molecule has 4 heteroatoms. The molecule has 124 valence electrons. The van der Waals surface area contributed by atoms with Crippen LogP contribution in [0.5, 0.6) is 23.0 Å². The van der Waals surface area contributed by atoms with Crippen LogP contribution in [0.15, 0.2) is 78.9 Å². The van der Waals surface area contributed by atoms with Gasteiger partial charge in [-0.3, -0.25) is 4.79 Å². The zero-order chi connectivity index (χ0) is 17.6. The van der Waals surface area contributed by atoms with E-state index >= 15 is 0 Å². The van der Waals surface area contributed by atoms with Crippen molar-refractivity contribution in [1.82, 2.24) is 0 Å². The molecule has 0 aromatic heterocycles. The number of allylic oxidation sites excluding steroid dienone is 1. The van der Waals surface area contributed by atoms with Crippen LogP contribution in [-0.4, -0.2) is 16.0 Å². The smallest absolute Gasteiger partial charge is 0.185 e. The Bertz CT molecular complexity index is 897. The molecule has 0 aliphatic carbocycles. The van der Waals surface area contributed by atoms with E-state index in [0.29, 0.717) is 16.9 Å². The third-order valence-electron chi connectivity index (χ3n) is 3.54. The predicted molar refractivity (Wildman–Crippen MR) is 96.1 cm³/mol. The van der Waals surface area contributed by atoms with E-state index in [4.69, 9.17) is 4.74 Å². The van der Waals surface area contributed by atoms with Gasteiger partial charge in [0.15, 0.2) is 17.3 Å². The molecule has 0 spiro atoms. The fraction of sp³-hybridized carbons (Fsp3) is 0. The van der Waals surface area contributed by atoms with Crippen LogP contribution in [0, 0.1) is 0 Å². The molecular formula is C21H16O4. The minimum atomic E-state index is -0.225. The summed E-state index contributed by atoms with van der Waals surface area (Å²) in [6.07, 6.45) is 2.99. The second-order valence-electron chi connectivity index (χ2n) is 5.39. The molecule has 4 nitrogen and oxygen atoms in total. The fourth-order valence-electron chi connectivity index (χ4n) is 2.22. The normalized spacial score (nSPS) is 10.7. The summed E-state index contributed by atoms with van der Waals surface area (Å²) >= 11 is 0. The number of carbonyl (C=O) groups excluding carboxylic acids is 1. The van der Waals surface area contributed by atoms with Gasteiger partial charge in [0.05, 0.1) is 0 Å². The summed E-state index contributed by atoms with van der Waals surface area (Å²) in [7, 11) is 0. The fourth-order valence-corrected chi connectivity index (χ4v) is 2.22. The Morgan fingerprint density at radius 1 is 0.800 bits per heavy atom. The molecule has 25 heavy (non-hydrogen) atoms. The molecule has 0 saturated heterocycles. The number of ether oxygens (including phenoxy) is 1. The molecule has 0 amide bonds. The van der Waals surface area contributed by atoms with Crippen molar-refractivity contribution in [3.8, 4) is 23.0 Å². The maximum atomic E-state index is 12.2. The molecule has 0 aliphatic heterocycles. The third kappa shape index (κ3) is 4.26. The summed E-state index contributed by atoms with van der Waals surface area (Å²) in [5.41, 5.74) is 1.15. The van der Waals surface area contributed by atoms with E-state index in [1.165, 1.54) is 18.2 Å². The van der Waals surface area contributed by atoms with Crippen LogP contribution in [0.4, 0.5) is 0 Å². The van der Waals surface area contributed by atoms with Gasteiger partial charge in [0.25, 0.3) is 0 Å². The summed E-state index contributed by atoms with van der Waals surface area (Å²) < 4.78 is 5.69. The van der Waals surface area contributed by atoms with Crippen LogP contribution in [-0.2, 0) is 0 Å². The molecule has 3 rings (SSSR count). The topological polar surface area (TPSA) is 66.8 Å². The number of hydrogen-bond acceptors (Lipinski definition) is 4. The van der Waals surface area contributed by atoms with Crippen LogP contribution in [0.2, 0.25) is 0 Å². The molecule has 0 bridgehead atoms. The Labute approximate surface area is 145 Å². The number of hydrogen-bond donors (Lipinski definition) is 2. The molecule has 0 unspecified atom stereocenters. The lowest BCUT2D eigenvalue weighted by Crippen LogP contribution is -1.94. The van der Waals surface area contributed by atoms with Crippen LogP contribution in [0.1, 0.15) is 15.9 Å². The molecule has 2 N–H and O–H groups in total. The van der Waals surface area contributed by atoms with Crippen LogP contribution in [0.3, 0.4) is 0 Å². The average molecular weight is 332 g/mol. The van der Waals surface area contributed by atoms with Gasteiger partial charge in [-0.25, -0.2) is 0 Å². The highest BCUT2D eigenvalue weighted by molar-refractivity contribution is 6.06. The van der Waals surface area contributed by atoms with Crippen molar-refractivity contribution in [3.05, 3.63) is 90.0 Å². The number of ketones is 1. The minimum absolute atomic E-state index is 0.168. The summed E-state index contributed by atoms with van der Waals surface area (Å²) in [5, 5.41) is 18.7. The van der Waals surface area contributed by atoms with E-state index in [-0.39, 0.29) is 17.3 Å². The van der Waals surface area contributed by atoms with E-state index in [1.54, 1.807) is 36.4 Å². The van der Waals surface area contributed by atoms with Gasteiger partial charge in [-0.05, 0) is 60.2 Å². The highest BCUT2D eigenvalue weighted by atomic mass is 16.5. The largest absolute Gasteiger partial charge is 0.504 e. The quantitative estimate of drug-likeness (QED) is 0.401. The van der Waals surface area contributed by atoms with Gasteiger partial charge >= 0.3 is 0 Å². The number of benzene rings is 3. The van der Waals surface area contributed by atoms with Crippen LogP contribution >= 0.6 is 0 Å². The Morgan fingerprint density at radius 3 is 2.16 bits per heavy atom. The number of para-hydroxylation sites is 1. The van der Waals surface area contributed by atoms with Gasteiger partial charge in [-0.1, -0.05) is 30.3 Å². The molecule has 0 radical (unpaired) electrons. The zero-order valence-electron chi connectivity index (χ0n) is 13.3. The second kappa shape index (κ2) is 7.36. The van der Waals surface area contributed by atoms with Gasteiger partial charge in [-0.15, -0.1) is 0 Å². The van der Waals surface area contributed by atoms with Crippen molar-refractivity contribution in [2.24, 2.45) is 0 Å². The van der Waals surface area contributed by atoms with Crippen molar-refractivity contribution >= 4 is 11.9 Å². The monoisotopic (exact) mass is 332 g/mol. The van der Waals surface area contributed by atoms with Crippen molar-refractivity contribution in [3.63, 3.8) is 0 Å². The Kier molecular flexibility index (Phi) is 4.81. The minimum Gasteiger partial charge on any atom is -0.504 e. The van der Waals surface area contributed by atoms with Crippen LogP contribution < -0.4 is 4.74 Å². The number of carbonyl (C=O) groups is 1. The van der Waals surface area contributed by atoms with Crippen molar-refractivity contribution in [2.45, 2.75) is 0 Å². The molecule has 0 aliphatic rings. The lowest BCUT2D eigenvalue weighted by Gasteiger charge is -2.05. The van der Waals surface area contributed by atoms with Gasteiger partial charge < -0.3 is 14.9 Å². The summed E-state index contributed by atoms with van der Waals surface area (Å²) in [6, 6.07) is 20.6. The van der Waals surface area contributed by atoms with Gasteiger partial charge in [0, 0.05) is 5.56 Å². The Morgan fingerprint density at radius 2 is 1.48 bits per heavy atom. The first-order valence-corrected chi connectivity index (χ1v) is 7.69. The standard InChI is InChI=1S/C21H16O4/c22-19(12-6-15-7-13-20(23)21(24)14-15)16-8-10-18(11-9-16)25-17-4-2-1-3-5-17/h1-14,23-24H/b12-6+. The maximum Gasteiger partial charge on any atom is 0.185 e. The van der Waals surface area contributed by atoms with Gasteiger partial charge in [0.2, 0.25) is 0 Å². The highest BCUT2D eigenvalue weighted by Crippen LogP contribution is 2.25. The molecule has 0 fully saturated rings. The molecule has 3 aromatic rings. The van der Waals surface area contributed by atoms with Gasteiger partial charge in [-0.2, -0.15) is 0 Å². The lowest BCUT2D eigenvalue weighted by molar-refractivity contribution is 0.104. The summed E-state index contributed by atoms with van der Waals surface area (Å²) in [5.74, 6) is 0.789. The van der Waals surface area contributed by atoms with E-state index in [2.05, 4.69) is 0 Å². The molecular weight excluding hydrogens is 316 g/mol. The average Bonchev–Trinajstić information content (AvgIpc) is 2.64. The number of rotatable bonds is 5. The van der Waals surface area contributed by atoms with E-state index in [9.17, 15) is 15.0 Å². The first kappa shape index (κ1) is 16.3. The summed E-state index contributed by atoms with van der Waals surface area (Å²) in [4.78, 5) is 12.2. The Hall–Kier alpha value is -3.53. The zero-order valence-corrected chi connectivity index (χ0v) is 13.3. The molecule has 0 heterocycles. The van der Waals surface area contributed by atoms with Crippen molar-refractivity contribution < 1.29 is 19.7 Å². The van der Waals surface area contributed by atoms with E-state index in [1.807, 2.05) is 30.3 Å². The van der Waals surface area contributed by atoms with Crippen LogP contribution in [0.25, 0.3) is 6.08 Å². The van der Waals surface area contributed by atoms with E-state index < -0.39 is 0 Å². The van der Waals surface area contributed by atoms with E-state index in [0.717, 1.165) is 5.75 Å². The molecule has 0 saturated carbocycles. The number of phenols is 2. The molecule has 0 atom stereocenters. The number of phenolic OH excluding ortho intramolecular Hbond substituents is 2. The highest BCUT2D eigenvalue weighted by Gasteiger charge is 2.04. The van der Waals surface area contributed by atoms with Gasteiger partial charge in [0.1, 0.15) is 11.5 Å². The predicted octanol–water partition coefficient (Wildman–Crippen LogP) is 4.79. The SMILES string of the molecule is O=C(/C=C/c1ccc(O)c(O)c1)c1ccc(Oc2ccccc2)cc1. The lowest BCUT2D eigenvalue weighted by atomic mass is 10.1. The van der Waals surface area contributed by atoms with Crippen molar-refractivity contribution in [2.75, 3.05) is 0 Å². The first-order valence-electron chi connectivity index (χ1n) is 7.69. The molecule has 3 aromatic carbocycles. The summed E-state index contributed by atoms with van der Waals surface area (Å²) in [6.45, 7) is 0. The number of aromatic hydroxyl groups is 2. The Balaban J connectivity index is 1.68.